The number of aliphatic carboxylic acids is 1. The molecule has 1 aromatic heterocycles. The van der Waals surface area contributed by atoms with Gasteiger partial charge in [-0.1, -0.05) is 43.3 Å². The maximum absolute atomic E-state index is 10.7. The van der Waals surface area contributed by atoms with Crippen molar-refractivity contribution < 1.29 is 44.2 Å². The third-order valence-corrected chi connectivity index (χ3v) is 3.37. The van der Waals surface area contributed by atoms with Crippen molar-refractivity contribution in [3.63, 3.8) is 0 Å². The standard InChI is InChI=1S/C19H21NO3.Na/c1-3-11-23-18-17(5-4-10-20-18)13-16-8-6-15(7-9-16)12-14(2)19(21)22;/h4-10,12H,3,11,13H2,1-2H3,(H,21,22);/q;+1/p-1. The Bertz CT molecular complexity index is 696. The number of pyridine rings is 1. The molecule has 0 saturated heterocycles. The van der Waals surface area contributed by atoms with Crippen LogP contribution in [0.5, 0.6) is 5.88 Å². The number of benzene rings is 1. The number of carboxylic acids is 1. The molecule has 0 bridgehead atoms. The molecule has 0 unspecified atom stereocenters. The van der Waals surface area contributed by atoms with Crippen molar-refractivity contribution in [2.75, 3.05) is 6.61 Å². The Morgan fingerprint density at radius 3 is 2.58 bits per heavy atom. The topological polar surface area (TPSA) is 62.2 Å². The number of carbonyl (C=O) groups excluding carboxylic acids is 1. The van der Waals surface area contributed by atoms with Crippen LogP contribution in [-0.2, 0) is 11.2 Å². The Hall–Kier alpha value is -1.62. The summed E-state index contributed by atoms with van der Waals surface area (Å²) in [5, 5.41) is 10.7. The molecule has 0 radical (unpaired) electrons. The summed E-state index contributed by atoms with van der Waals surface area (Å²) in [5.74, 6) is -0.478. The first-order chi connectivity index (χ1) is 11.1. The summed E-state index contributed by atoms with van der Waals surface area (Å²) >= 11 is 0. The van der Waals surface area contributed by atoms with Gasteiger partial charge >= 0.3 is 29.6 Å². The second-order valence-electron chi connectivity index (χ2n) is 5.35. The normalized spacial score (nSPS) is 10.8. The Balaban J connectivity index is 0.00000288. The van der Waals surface area contributed by atoms with Crippen molar-refractivity contribution in [3.8, 4) is 5.88 Å². The van der Waals surface area contributed by atoms with Gasteiger partial charge in [0, 0.05) is 18.2 Å². The van der Waals surface area contributed by atoms with E-state index in [1.54, 1.807) is 12.3 Å². The summed E-state index contributed by atoms with van der Waals surface area (Å²) in [6, 6.07) is 11.6. The average molecular weight is 333 g/mol. The Morgan fingerprint density at radius 2 is 1.96 bits per heavy atom. The van der Waals surface area contributed by atoms with Crippen molar-refractivity contribution in [2.45, 2.75) is 26.7 Å². The van der Waals surface area contributed by atoms with E-state index in [1.807, 2.05) is 36.4 Å². The summed E-state index contributed by atoms with van der Waals surface area (Å²) in [5.41, 5.74) is 3.20. The third kappa shape index (κ3) is 6.11. The largest absolute Gasteiger partial charge is 1.00 e. The van der Waals surface area contributed by atoms with Gasteiger partial charge < -0.3 is 14.6 Å². The van der Waals surface area contributed by atoms with E-state index in [4.69, 9.17) is 4.74 Å². The van der Waals surface area contributed by atoms with Crippen LogP contribution in [0, 0.1) is 0 Å². The summed E-state index contributed by atoms with van der Waals surface area (Å²) < 4.78 is 5.67. The molecule has 0 amide bonds. The minimum absolute atomic E-state index is 0. The van der Waals surface area contributed by atoms with Gasteiger partial charge in [-0.15, -0.1) is 0 Å². The SMILES string of the molecule is CCCOc1ncccc1Cc1ccc(C=C(C)C(=O)[O-])cc1.[Na+]. The van der Waals surface area contributed by atoms with Crippen LogP contribution in [0.25, 0.3) is 6.08 Å². The van der Waals surface area contributed by atoms with Gasteiger partial charge in [-0.25, -0.2) is 4.98 Å². The minimum atomic E-state index is -1.15. The first-order valence-corrected chi connectivity index (χ1v) is 7.65. The summed E-state index contributed by atoms with van der Waals surface area (Å²) in [6.45, 7) is 4.23. The van der Waals surface area contributed by atoms with Crippen LogP contribution in [0.4, 0.5) is 0 Å². The van der Waals surface area contributed by atoms with E-state index in [0.29, 0.717) is 12.5 Å². The summed E-state index contributed by atoms with van der Waals surface area (Å²) in [6.07, 6.45) is 4.98. The van der Waals surface area contributed by atoms with Crippen molar-refractivity contribution in [3.05, 3.63) is 64.9 Å². The first-order valence-electron chi connectivity index (χ1n) is 7.65. The number of rotatable bonds is 7. The van der Waals surface area contributed by atoms with E-state index in [0.717, 1.165) is 29.5 Å². The van der Waals surface area contributed by atoms with E-state index >= 15 is 0 Å². The molecule has 1 aromatic carbocycles. The van der Waals surface area contributed by atoms with Gasteiger partial charge in [0.05, 0.1) is 12.6 Å². The van der Waals surface area contributed by atoms with E-state index in [9.17, 15) is 9.90 Å². The zero-order chi connectivity index (χ0) is 16.7. The van der Waals surface area contributed by atoms with E-state index in [2.05, 4.69) is 11.9 Å². The number of carbonyl (C=O) groups is 1. The number of ether oxygens (including phenoxy) is 1. The molecular weight excluding hydrogens is 313 g/mol. The molecule has 1 heterocycles. The molecule has 0 saturated carbocycles. The summed E-state index contributed by atoms with van der Waals surface area (Å²) in [4.78, 5) is 15.0. The van der Waals surface area contributed by atoms with Crippen molar-refractivity contribution in [1.29, 1.82) is 0 Å². The molecule has 24 heavy (non-hydrogen) atoms. The van der Waals surface area contributed by atoms with E-state index < -0.39 is 5.97 Å². The van der Waals surface area contributed by atoms with Crippen molar-refractivity contribution >= 4 is 12.0 Å². The fourth-order valence-corrected chi connectivity index (χ4v) is 2.15. The zero-order valence-electron chi connectivity index (χ0n) is 14.4. The van der Waals surface area contributed by atoms with Crippen LogP contribution in [0.3, 0.4) is 0 Å². The fraction of sp³-hybridized carbons (Fsp3) is 0.263. The maximum atomic E-state index is 10.7. The van der Waals surface area contributed by atoms with Crippen LogP contribution in [-0.4, -0.2) is 17.6 Å². The molecule has 0 N–H and O–H groups in total. The third-order valence-electron chi connectivity index (χ3n) is 3.37. The molecule has 0 spiro atoms. The van der Waals surface area contributed by atoms with Crippen molar-refractivity contribution in [2.24, 2.45) is 0 Å². The molecule has 2 aromatic rings. The number of hydrogen-bond donors (Lipinski definition) is 0. The predicted octanol–water partition coefficient (Wildman–Crippen LogP) is -0.382. The molecular formula is C19H20NNaO3. The molecule has 0 aliphatic heterocycles. The van der Waals surface area contributed by atoms with E-state index in [1.165, 1.54) is 6.92 Å². The number of aromatic nitrogens is 1. The van der Waals surface area contributed by atoms with Crippen LogP contribution in [0.2, 0.25) is 0 Å². The molecule has 4 nitrogen and oxygen atoms in total. The van der Waals surface area contributed by atoms with Gasteiger partial charge in [0.1, 0.15) is 0 Å². The van der Waals surface area contributed by atoms with Crippen molar-refractivity contribution in [1.82, 2.24) is 4.98 Å². The second-order valence-corrected chi connectivity index (χ2v) is 5.35. The number of nitrogens with zero attached hydrogens (tertiary/aromatic N) is 1. The van der Waals surface area contributed by atoms with Crippen LogP contribution in [0.15, 0.2) is 48.2 Å². The number of carboxylic acid groups (broad SMARTS) is 1. The van der Waals surface area contributed by atoms with Crippen LogP contribution >= 0.6 is 0 Å². The zero-order valence-corrected chi connectivity index (χ0v) is 16.4. The molecule has 0 aliphatic carbocycles. The fourth-order valence-electron chi connectivity index (χ4n) is 2.15. The Kier molecular flexibility index (Phi) is 8.76. The molecule has 120 valence electrons. The average Bonchev–Trinajstić information content (AvgIpc) is 2.55. The summed E-state index contributed by atoms with van der Waals surface area (Å²) in [7, 11) is 0. The predicted molar refractivity (Wildman–Crippen MR) is 87.9 cm³/mol. The number of hydrogen-bond acceptors (Lipinski definition) is 4. The van der Waals surface area contributed by atoms with Gasteiger partial charge in [0.2, 0.25) is 5.88 Å². The molecule has 0 aliphatic rings. The Labute approximate surface area is 164 Å². The van der Waals surface area contributed by atoms with Gasteiger partial charge in [-0.3, -0.25) is 0 Å². The minimum Gasteiger partial charge on any atom is -0.545 e. The van der Waals surface area contributed by atoms with Gasteiger partial charge in [-0.05, 0) is 36.1 Å². The monoisotopic (exact) mass is 333 g/mol. The quantitative estimate of drug-likeness (QED) is 0.512. The second kappa shape index (κ2) is 10.3. The smallest absolute Gasteiger partial charge is 0.545 e. The van der Waals surface area contributed by atoms with Gasteiger partial charge in [-0.2, -0.15) is 0 Å². The Morgan fingerprint density at radius 1 is 1.25 bits per heavy atom. The molecule has 2 rings (SSSR count). The maximum Gasteiger partial charge on any atom is 1.00 e. The van der Waals surface area contributed by atoms with Gasteiger partial charge in [0.25, 0.3) is 0 Å². The van der Waals surface area contributed by atoms with E-state index in [-0.39, 0.29) is 35.1 Å². The molecule has 0 fully saturated rings. The van der Waals surface area contributed by atoms with Crippen LogP contribution < -0.4 is 39.4 Å². The molecule has 0 atom stereocenters. The van der Waals surface area contributed by atoms with Crippen LogP contribution in [0.1, 0.15) is 37.0 Å². The molecule has 5 heteroatoms. The van der Waals surface area contributed by atoms with Gasteiger partial charge in [0.15, 0.2) is 0 Å². The first kappa shape index (κ1) is 20.4.